The van der Waals surface area contributed by atoms with Crippen LogP contribution in [0.15, 0.2) is 304 Å². The van der Waals surface area contributed by atoms with Crippen LogP contribution >= 0.6 is 0 Å². The third-order valence-electron chi connectivity index (χ3n) is 21.9. The molecule has 714 valence electrons. The third-order valence-corrected chi connectivity index (χ3v) is 30.1. The zero-order chi connectivity index (χ0) is 107. The molecule has 0 amide bonds. The van der Waals surface area contributed by atoms with E-state index in [0.29, 0.717) is 39.9 Å². The Morgan fingerprint density at radius 3 is 1.10 bits per heavy atom. The van der Waals surface area contributed by atoms with Gasteiger partial charge in [-0.05, 0) is 167 Å². The minimum absolute atomic E-state index is 0. The fourth-order valence-electron chi connectivity index (χ4n) is 14.9. The van der Waals surface area contributed by atoms with Gasteiger partial charge in [-0.25, -0.2) is 0 Å². The second-order valence-electron chi connectivity index (χ2n) is 37.4. The number of pyridine rings is 8. The summed E-state index contributed by atoms with van der Waals surface area (Å²) >= 11 is 0. The van der Waals surface area contributed by atoms with E-state index in [1.165, 1.54) is 101 Å². The van der Waals surface area contributed by atoms with E-state index in [1.54, 1.807) is 66.3 Å². The molecule has 17 rings (SSSR count). The Hall–Kier alpha value is -9.58. The molecule has 8 aromatic heterocycles. The second-order valence-corrected chi connectivity index (χ2v) is 57.6. The van der Waals surface area contributed by atoms with Crippen LogP contribution in [0.5, 0.6) is 0 Å². The molecule has 0 N–H and O–H groups in total. The van der Waals surface area contributed by atoms with Gasteiger partial charge in [-0.3, -0.25) is 0 Å². The van der Waals surface area contributed by atoms with Gasteiger partial charge in [0.15, 0.2) is 0 Å². The summed E-state index contributed by atoms with van der Waals surface area (Å²) in [5, 5.41) is 5.99. The SMILES string of the molecule is CC(C)Cc1cc(-c2[c-]cccc2)ncc1[Si](C)(C)C.CC(C)c1cc(-c2[c-]cccc2)ncc1[Si](C)(C)C.CCc1cc(-c2[c-]cccc2)ncc1[Si](C)(C)C.C[Si](C)(C)c1cnc(-c2[c-]cccc2)cc1C1CCCC1.[2H]C([2H])([2H])c1c[c-]c(-c2ccc(C([2H])([2H])[2H])cn2)cc1.[2H]C([2H])([2H])c1ccc(-c2[c-]cccc2)nc1C([2H])([2H])[2H].[2H]C([2H])([2H])c1cnc(-c2[c-]cccc2)cc1C.[Ir].[Ir].[Ir].[Ir].[c-]1ccccc1-c1ccccn1. The summed E-state index contributed by atoms with van der Waals surface area (Å²) in [6, 6.07) is 107. The summed E-state index contributed by atoms with van der Waals surface area (Å²) in [6.07, 6.45) is 20.6. The van der Waals surface area contributed by atoms with Crippen molar-refractivity contribution in [3.05, 3.63) is 409 Å². The molecule has 4 radical (unpaired) electrons. The Morgan fingerprint density at radius 2 is 0.713 bits per heavy atom. The predicted molar refractivity (Wildman–Crippen MR) is 572 cm³/mol. The smallest absolute Gasteiger partial charge is 0.0799 e. The number of rotatable bonds is 17. The average molecular weight is 2580 g/mol. The number of hydrogen-bond donors (Lipinski definition) is 0. The number of nitrogens with zero attached hydrogens (tertiary/aromatic N) is 8. The minimum Gasteiger partial charge on any atom is -0.305 e. The maximum absolute atomic E-state index is 7.46. The Bertz CT molecular complexity index is 6710. The van der Waals surface area contributed by atoms with Gasteiger partial charge < -0.3 is 39.9 Å². The van der Waals surface area contributed by atoms with Crippen molar-refractivity contribution in [3.8, 4) is 90.1 Å². The van der Waals surface area contributed by atoms with Crippen molar-refractivity contribution in [2.75, 3.05) is 0 Å². The Morgan fingerprint density at radius 1 is 0.331 bits per heavy atom. The van der Waals surface area contributed by atoms with Crippen LogP contribution in [-0.2, 0) is 93.3 Å². The molecule has 1 fully saturated rings. The van der Waals surface area contributed by atoms with Crippen LogP contribution in [0.1, 0.15) is 148 Å². The Labute approximate surface area is 895 Å². The van der Waals surface area contributed by atoms with Gasteiger partial charge in [-0.1, -0.05) is 227 Å². The van der Waals surface area contributed by atoms with Crippen molar-refractivity contribution < 1.29 is 101 Å². The number of benzene rings is 8. The molecule has 0 unspecified atom stereocenters. The molecule has 1 saturated carbocycles. The maximum atomic E-state index is 7.46. The number of aryl methyl sites for hydroxylation is 7. The van der Waals surface area contributed by atoms with E-state index in [9.17, 15) is 0 Å². The Kier molecular flexibility index (Phi) is 38.5. The Balaban J connectivity index is 0.000000263. The van der Waals surface area contributed by atoms with Crippen LogP contribution in [0.2, 0.25) is 78.6 Å². The van der Waals surface area contributed by atoms with Gasteiger partial charge in [0.05, 0.1) is 32.3 Å². The number of hydrogen-bond acceptors (Lipinski definition) is 8. The monoisotopic (exact) mass is 2590 g/mol. The van der Waals surface area contributed by atoms with Crippen LogP contribution in [0.25, 0.3) is 90.1 Å². The summed E-state index contributed by atoms with van der Waals surface area (Å²) in [7, 11) is -5.32. The first-order valence-corrected chi connectivity index (χ1v) is 59.4. The van der Waals surface area contributed by atoms with Crippen molar-refractivity contribution in [3.63, 3.8) is 0 Å². The van der Waals surface area contributed by atoms with Gasteiger partial charge in [-0.15, -0.1) is 287 Å². The standard InChI is InChI=1S/C19H24NSi.C18H24NSi.C17H22NSi.C16H20NSi.3C13H12N.C11H8N.4Ir/c1-21(2,3)19-14-20-18(16-11-5-4-6-12-16)13-17(19)15-9-7-8-10-15;1-14(2)11-16-12-17(15-9-7-6-8-10-15)19-13-18(16)20(3,4)5;1-13(2)15-11-16(14-9-7-6-8-10-14)18-12-17(15)19(3,4)5;1-5-13-11-15(14-9-7-6-8-10-14)17-12-16(13)18(2,3)4;1-10-3-6-12(7-4-10)13-8-5-11(2)9-14-13;1-10-8-13(14-9-11(10)2)12-6-4-3-5-7-12;1-10-8-9-13(14-11(10)2)12-6-4-3-5-7-12;1-2-6-10(7-3-1)11-8-4-5-9-12-11;;;;/h4-6,11,13-15H,7-10H2,1-3H3;6-9,12-14H,11H2,1-5H3;6-9,11-13H,1-5H3;6-9,11-12H,5H2,1-4H3;3*3-6,8-9H,1-2H3;1-6,8-9H;;;;/q8*-1;;;;/i;;;;1D3,2D3;2D3;1D3,2D3;;;;;. The van der Waals surface area contributed by atoms with E-state index in [1.807, 2.05) is 133 Å². The molecule has 0 bridgehead atoms. The van der Waals surface area contributed by atoms with Gasteiger partial charge in [-0.2, -0.15) is 0 Å². The minimum atomic E-state index is -2.57. The summed E-state index contributed by atoms with van der Waals surface area (Å²) in [6.45, 7) is 30.3. The molecule has 8 aromatic carbocycles. The summed E-state index contributed by atoms with van der Waals surface area (Å²) in [5.41, 5.74) is 21.1. The normalized spacial score (nSPS) is 13.5. The van der Waals surface area contributed by atoms with Crippen molar-refractivity contribution in [2.24, 2.45) is 5.92 Å². The van der Waals surface area contributed by atoms with Crippen LogP contribution in [0.4, 0.5) is 0 Å². The molecule has 1 aliphatic carbocycles. The molecule has 0 atom stereocenters. The van der Waals surface area contributed by atoms with Crippen molar-refractivity contribution in [1.82, 2.24) is 39.9 Å². The average Bonchev–Trinajstić information content (AvgIpc) is 1.77. The molecule has 16 heteroatoms. The van der Waals surface area contributed by atoms with Crippen molar-refractivity contribution >= 4 is 53.0 Å². The van der Waals surface area contributed by atoms with E-state index in [0.717, 1.165) is 91.9 Å². The molecule has 136 heavy (non-hydrogen) atoms. The zero-order valence-corrected chi connectivity index (χ0v) is 94.8. The maximum Gasteiger partial charge on any atom is 0.0799 e. The number of aromatic nitrogens is 8. The van der Waals surface area contributed by atoms with Gasteiger partial charge in [0.25, 0.3) is 0 Å². The van der Waals surface area contributed by atoms with Crippen LogP contribution in [0.3, 0.4) is 0 Å². The van der Waals surface area contributed by atoms with E-state index in [4.69, 9.17) is 25.5 Å². The second kappa shape index (κ2) is 56.5. The molecule has 8 nitrogen and oxygen atoms in total. The van der Waals surface area contributed by atoms with E-state index in [2.05, 4.69) is 276 Å². The third kappa shape index (κ3) is 36.0. The van der Waals surface area contributed by atoms with Crippen molar-refractivity contribution in [2.45, 2.75) is 205 Å². The summed E-state index contributed by atoms with van der Waals surface area (Å²) in [5.74, 6) is 1.95. The van der Waals surface area contributed by atoms with Gasteiger partial charge in [0.2, 0.25) is 0 Å². The predicted octanol–water partition coefficient (Wildman–Crippen LogP) is 29.0. The van der Waals surface area contributed by atoms with Gasteiger partial charge >= 0.3 is 0 Å². The molecule has 0 aliphatic heterocycles. The fourth-order valence-corrected chi connectivity index (χ4v) is 21.4. The van der Waals surface area contributed by atoms with E-state index in [-0.39, 0.29) is 103 Å². The van der Waals surface area contributed by atoms with Crippen LogP contribution in [0, 0.1) is 95.6 Å². The molecule has 8 heterocycles. The first kappa shape index (κ1) is 92.8. The van der Waals surface area contributed by atoms with E-state index >= 15 is 0 Å². The largest absolute Gasteiger partial charge is 0.305 e. The van der Waals surface area contributed by atoms with Crippen LogP contribution in [-0.4, -0.2) is 72.2 Å². The molecule has 0 saturated heterocycles. The molecular formula is C120H134Ir4N8Si4-8. The van der Waals surface area contributed by atoms with Gasteiger partial charge in [0.1, 0.15) is 0 Å². The van der Waals surface area contributed by atoms with Gasteiger partial charge in [0, 0.05) is 150 Å². The van der Waals surface area contributed by atoms with Crippen molar-refractivity contribution in [1.29, 1.82) is 0 Å². The van der Waals surface area contributed by atoms with E-state index < -0.39 is 66.6 Å². The molecule has 16 aromatic rings. The first-order valence-electron chi connectivity index (χ1n) is 52.9. The summed E-state index contributed by atoms with van der Waals surface area (Å²) < 4.78 is 110. The quantitative estimate of drug-likeness (QED) is 0.0656. The summed E-state index contributed by atoms with van der Waals surface area (Å²) in [4.78, 5) is 35.2. The first-order chi connectivity index (χ1) is 69.2. The fraction of sp³-hybridized carbons (Fsp3) is 0.267. The molecular weight excluding hydrogens is 2430 g/mol. The molecule has 1 aliphatic rings. The molecule has 0 spiro atoms. The zero-order valence-electron chi connectivity index (χ0n) is 96.3. The van der Waals surface area contributed by atoms with Crippen LogP contribution < -0.4 is 20.7 Å². The topological polar surface area (TPSA) is 103 Å².